The minimum atomic E-state index is -0.550. The van der Waals surface area contributed by atoms with Gasteiger partial charge in [-0.3, -0.25) is 9.59 Å². The molecule has 0 aliphatic carbocycles. The molecule has 0 aliphatic heterocycles. The SMILES string of the molecule is COc1cc(OC)cc(C(=O)NCC(=O)OCCOc2cccc(C)c2)c1. The summed E-state index contributed by atoms with van der Waals surface area (Å²) in [4.78, 5) is 23.9. The van der Waals surface area contributed by atoms with Crippen molar-refractivity contribution >= 4 is 11.9 Å². The number of benzene rings is 2. The molecule has 144 valence electrons. The summed E-state index contributed by atoms with van der Waals surface area (Å²) in [5.74, 6) is 0.697. The Kier molecular flexibility index (Phi) is 7.49. The number of methoxy groups -OCH3 is 2. The van der Waals surface area contributed by atoms with E-state index in [4.69, 9.17) is 18.9 Å². The molecule has 1 amide bonds. The average molecular weight is 373 g/mol. The van der Waals surface area contributed by atoms with E-state index >= 15 is 0 Å². The van der Waals surface area contributed by atoms with Crippen molar-refractivity contribution < 1.29 is 28.5 Å². The van der Waals surface area contributed by atoms with Crippen LogP contribution in [0.15, 0.2) is 42.5 Å². The van der Waals surface area contributed by atoms with Gasteiger partial charge < -0.3 is 24.3 Å². The first kappa shape index (κ1) is 20.1. The van der Waals surface area contributed by atoms with Crippen LogP contribution < -0.4 is 19.5 Å². The number of esters is 1. The Bertz CT molecular complexity index is 768. The van der Waals surface area contributed by atoms with Crippen LogP contribution in [0.2, 0.25) is 0 Å². The van der Waals surface area contributed by atoms with E-state index in [1.807, 2.05) is 31.2 Å². The Hall–Kier alpha value is -3.22. The third-order valence-corrected chi connectivity index (χ3v) is 3.61. The van der Waals surface area contributed by atoms with Crippen molar-refractivity contribution in [2.75, 3.05) is 34.0 Å². The van der Waals surface area contributed by atoms with Gasteiger partial charge in [-0.05, 0) is 36.8 Å². The second-order valence-corrected chi connectivity index (χ2v) is 5.67. The van der Waals surface area contributed by atoms with E-state index in [0.29, 0.717) is 22.8 Å². The quantitative estimate of drug-likeness (QED) is 0.537. The summed E-state index contributed by atoms with van der Waals surface area (Å²) in [6.07, 6.45) is 0. The molecule has 2 rings (SSSR count). The molecule has 0 bridgehead atoms. The first-order valence-corrected chi connectivity index (χ1v) is 8.38. The summed E-state index contributed by atoms with van der Waals surface area (Å²) in [5, 5.41) is 2.50. The van der Waals surface area contributed by atoms with Crippen LogP contribution >= 0.6 is 0 Å². The number of aryl methyl sites for hydroxylation is 1. The molecule has 0 radical (unpaired) electrons. The highest BCUT2D eigenvalue weighted by Gasteiger charge is 2.12. The zero-order valence-electron chi connectivity index (χ0n) is 15.6. The maximum absolute atomic E-state index is 12.2. The maximum Gasteiger partial charge on any atom is 0.325 e. The van der Waals surface area contributed by atoms with Gasteiger partial charge in [0.15, 0.2) is 0 Å². The van der Waals surface area contributed by atoms with Crippen molar-refractivity contribution in [2.24, 2.45) is 0 Å². The normalized spacial score (nSPS) is 10.0. The molecule has 0 fully saturated rings. The predicted octanol–water partition coefficient (Wildman–Crippen LogP) is 2.36. The Morgan fingerprint density at radius 2 is 1.63 bits per heavy atom. The van der Waals surface area contributed by atoms with E-state index in [1.165, 1.54) is 14.2 Å². The first-order chi connectivity index (χ1) is 13.0. The van der Waals surface area contributed by atoms with E-state index in [1.54, 1.807) is 18.2 Å². The van der Waals surface area contributed by atoms with Crippen LogP contribution in [-0.4, -0.2) is 45.9 Å². The number of hydrogen-bond acceptors (Lipinski definition) is 6. The molecule has 0 unspecified atom stereocenters. The molecule has 1 N–H and O–H groups in total. The molecule has 2 aromatic carbocycles. The fourth-order valence-corrected chi connectivity index (χ4v) is 2.26. The fraction of sp³-hybridized carbons (Fsp3) is 0.300. The number of carbonyl (C=O) groups is 2. The van der Waals surface area contributed by atoms with Gasteiger partial charge in [0, 0.05) is 11.6 Å². The van der Waals surface area contributed by atoms with Crippen LogP contribution in [0, 0.1) is 6.92 Å². The van der Waals surface area contributed by atoms with E-state index in [0.717, 1.165) is 5.56 Å². The summed E-state index contributed by atoms with van der Waals surface area (Å²) in [6, 6.07) is 12.3. The van der Waals surface area contributed by atoms with Crippen molar-refractivity contribution in [1.82, 2.24) is 5.32 Å². The van der Waals surface area contributed by atoms with E-state index < -0.39 is 11.9 Å². The monoisotopic (exact) mass is 373 g/mol. The van der Waals surface area contributed by atoms with Crippen molar-refractivity contribution in [1.29, 1.82) is 0 Å². The van der Waals surface area contributed by atoms with Crippen LogP contribution in [0.5, 0.6) is 17.2 Å². The maximum atomic E-state index is 12.2. The molecule has 7 nitrogen and oxygen atoms in total. The van der Waals surface area contributed by atoms with Gasteiger partial charge in [-0.2, -0.15) is 0 Å². The van der Waals surface area contributed by atoms with Crippen LogP contribution in [-0.2, 0) is 9.53 Å². The van der Waals surface area contributed by atoms with Crippen LogP contribution in [0.25, 0.3) is 0 Å². The molecule has 0 saturated heterocycles. The Balaban J connectivity index is 1.74. The zero-order chi connectivity index (χ0) is 19.6. The van der Waals surface area contributed by atoms with Gasteiger partial charge >= 0.3 is 5.97 Å². The molecular weight excluding hydrogens is 350 g/mol. The Morgan fingerprint density at radius 1 is 0.926 bits per heavy atom. The topological polar surface area (TPSA) is 83.1 Å². The fourth-order valence-electron chi connectivity index (χ4n) is 2.26. The van der Waals surface area contributed by atoms with E-state index in [-0.39, 0.29) is 19.8 Å². The second-order valence-electron chi connectivity index (χ2n) is 5.67. The first-order valence-electron chi connectivity index (χ1n) is 8.38. The third kappa shape index (κ3) is 6.54. The van der Waals surface area contributed by atoms with Gasteiger partial charge in [0.2, 0.25) is 0 Å². The lowest BCUT2D eigenvalue weighted by molar-refractivity contribution is -0.143. The summed E-state index contributed by atoms with van der Waals surface area (Å²) in [6.45, 7) is 2.04. The lowest BCUT2D eigenvalue weighted by Crippen LogP contribution is -2.31. The van der Waals surface area contributed by atoms with Crippen LogP contribution in [0.4, 0.5) is 0 Å². The molecule has 27 heavy (non-hydrogen) atoms. The predicted molar refractivity (Wildman–Crippen MR) is 99.5 cm³/mol. The Morgan fingerprint density at radius 3 is 2.26 bits per heavy atom. The second kappa shape index (κ2) is 10.1. The van der Waals surface area contributed by atoms with Gasteiger partial charge in [-0.25, -0.2) is 0 Å². The van der Waals surface area contributed by atoms with Crippen LogP contribution in [0.1, 0.15) is 15.9 Å². The van der Waals surface area contributed by atoms with Crippen molar-refractivity contribution in [3.05, 3.63) is 53.6 Å². The lowest BCUT2D eigenvalue weighted by atomic mass is 10.2. The molecular formula is C20H23NO6. The zero-order valence-corrected chi connectivity index (χ0v) is 15.6. The summed E-state index contributed by atoms with van der Waals surface area (Å²) in [7, 11) is 2.99. The average Bonchev–Trinajstić information content (AvgIpc) is 2.69. The van der Waals surface area contributed by atoms with Crippen molar-refractivity contribution in [2.45, 2.75) is 6.92 Å². The van der Waals surface area contributed by atoms with E-state index in [9.17, 15) is 9.59 Å². The number of ether oxygens (including phenoxy) is 4. The largest absolute Gasteiger partial charge is 0.497 e. The number of amides is 1. The highest BCUT2D eigenvalue weighted by molar-refractivity contribution is 5.96. The molecule has 2 aromatic rings. The minimum Gasteiger partial charge on any atom is -0.497 e. The van der Waals surface area contributed by atoms with Crippen LogP contribution in [0.3, 0.4) is 0 Å². The van der Waals surface area contributed by atoms with Gasteiger partial charge in [-0.15, -0.1) is 0 Å². The number of rotatable bonds is 9. The molecule has 0 atom stereocenters. The molecule has 7 heteroatoms. The van der Waals surface area contributed by atoms with E-state index in [2.05, 4.69) is 5.32 Å². The lowest BCUT2D eigenvalue weighted by Gasteiger charge is -2.10. The number of hydrogen-bond donors (Lipinski definition) is 1. The molecule has 0 saturated carbocycles. The third-order valence-electron chi connectivity index (χ3n) is 3.61. The Labute approximate surface area is 158 Å². The van der Waals surface area contributed by atoms with Gasteiger partial charge in [0.05, 0.1) is 14.2 Å². The highest BCUT2D eigenvalue weighted by Crippen LogP contribution is 2.22. The number of carbonyl (C=O) groups excluding carboxylic acids is 2. The highest BCUT2D eigenvalue weighted by atomic mass is 16.6. The summed E-state index contributed by atoms with van der Waals surface area (Å²) >= 11 is 0. The van der Waals surface area contributed by atoms with Gasteiger partial charge in [0.1, 0.15) is 37.0 Å². The van der Waals surface area contributed by atoms with Gasteiger partial charge in [-0.1, -0.05) is 12.1 Å². The standard InChI is InChI=1S/C20H23NO6/c1-14-5-4-6-16(9-14)26-7-8-27-19(22)13-21-20(23)15-10-17(24-2)12-18(11-15)25-3/h4-6,9-12H,7-8,13H2,1-3H3,(H,21,23). The molecule has 0 heterocycles. The number of nitrogens with one attached hydrogen (secondary N) is 1. The van der Waals surface area contributed by atoms with Gasteiger partial charge in [0.25, 0.3) is 5.91 Å². The molecule has 0 spiro atoms. The molecule has 0 aliphatic rings. The summed E-state index contributed by atoms with van der Waals surface area (Å²) < 4.78 is 20.8. The summed E-state index contributed by atoms with van der Waals surface area (Å²) in [5.41, 5.74) is 1.41. The van der Waals surface area contributed by atoms with Crippen molar-refractivity contribution in [3.63, 3.8) is 0 Å². The van der Waals surface area contributed by atoms with Crippen molar-refractivity contribution in [3.8, 4) is 17.2 Å². The smallest absolute Gasteiger partial charge is 0.325 e. The minimum absolute atomic E-state index is 0.0929. The molecule has 0 aromatic heterocycles.